The molecule has 23 heavy (non-hydrogen) atoms. The summed E-state index contributed by atoms with van der Waals surface area (Å²) in [6.07, 6.45) is 1.66. The van der Waals surface area contributed by atoms with Crippen LogP contribution in [0.5, 0.6) is 11.5 Å². The van der Waals surface area contributed by atoms with Gasteiger partial charge >= 0.3 is 0 Å². The summed E-state index contributed by atoms with van der Waals surface area (Å²) in [5.41, 5.74) is 3.50. The van der Waals surface area contributed by atoms with Gasteiger partial charge in [-0.15, -0.1) is 6.58 Å². The van der Waals surface area contributed by atoms with Crippen molar-refractivity contribution in [1.82, 2.24) is 9.88 Å². The third kappa shape index (κ3) is 2.82. The molecule has 2 aromatic rings. The Bertz CT molecular complexity index is 762. The van der Waals surface area contributed by atoms with Gasteiger partial charge in [-0.25, -0.2) is 0 Å². The summed E-state index contributed by atoms with van der Waals surface area (Å²) < 4.78 is 13.2. The number of ether oxygens (including phenoxy) is 2. The molecule has 2 heterocycles. The van der Waals surface area contributed by atoms with Crippen molar-refractivity contribution in [3.8, 4) is 17.2 Å². The molecule has 5 heteroatoms. The number of fused-ring (bicyclic) bond motifs is 1. The van der Waals surface area contributed by atoms with Crippen molar-refractivity contribution in [2.24, 2.45) is 0 Å². The van der Waals surface area contributed by atoms with Gasteiger partial charge in [-0.1, -0.05) is 6.08 Å². The van der Waals surface area contributed by atoms with Gasteiger partial charge in [0.1, 0.15) is 13.2 Å². The second kappa shape index (κ2) is 6.20. The average molecular weight is 312 g/mol. The molecule has 0 saturated heterocycles. The predicted molar refractivity (Wildman–Crippen MR) is 88.8 cm³/mol. The van der Waals surface area contributed by atoms with Crippen LogP contribution in [0.3, 0.4) is 0 Å². The van der Waals surface area contributed by atoms with E-state index < -0.39 is 0 Å². The molecule has 0 aliphatic carbocycles. The van der Waals surface area contributed by atoms with E-state index in [1.807, 2.05) is 42.7 Å². The fourth-order valence-electron chi connectivity index (χ4n) is 2.82. The van der Waals surface area contributed by atoms with Crippen LogP contribution in [0.2, 0.25) is 0 Å². The summed E-state index contributed by atoms with van der Waals surface area (Å²) >= 11 is 0. The molecule has 0 bridgehead atoms. The zero-order valence-corrected chi connectivity index (χ0v) is 13.4. The smallest absolute Gasteiger partial charge is 0.253 e. The van der Waals surface area contributed by atoms with Crippen LogP contribution < -0.4 is 14.8 Å². The van der Waals surface area contributed by atoms with Crippen LogP contribution in [0.4, 0.5) is 0 Å². The largest absolute Gasteiger partial charge is 0.486 e. The minimum atomic E-state index is -0.0956. The van der Waals surface area contributed by atoms with E-state index in [2.05, 4.69) is 11.9 Å². The summed E-state index contributed by atoms with van der Waals surface area (Å²) in [6, 6.07) is 7.71. The van der Waals surface area contributed by atoms with Gasteiger partial charge in [-0.3, -0.25) is 4.79 Å². The lowest BCUT2D eigenvalue weighted by Gasteiger charge is -2.20. The van der Waals surface area contributed by atoms with E-state index in [0.29, 0.717) is 25.3 Å². The molecule has 0 radical (unpaired) electrons. The molecule has 120 valence electrons. The first-order valence-corrected chi connectivity index (χ1v) is 7.60. The molecule has 0 unspecified atom stereocenters. The van der Waals surface area contributed by atoms with E-state index in [-0.39, 0.29) is 5.91 Å². The number of carbonyl (C=O) groups excluding carboxylic acids is 1. The molecular weight excluding hydrogens is 292 g/mol. The van der Waals surface area contributed by atoms with Crippen molar-refractivity contribution in [3.63, 3.8) is 0 Å². The SMILES string of the molecule is C=CCNC(=O)c1cc(C)n(-c2ccc3c(c2)OCCO3)c1C. The van der Waals surface area contributed by atoms with Crippen LogP contribution in [0, 0.1) is 13.8 Å². The second-order valence-corrected chi connectivity index (χ2v) is 5.45. The van der Waals surface area contributed by atoms with E-state index >= 15 is 0 Å². The maximum absolute atomic E-state index is 12.2. The highest BCUT2D eigenvalue weighted by Crippen LogP contribution is 2.33. The minimum absolute atomic E-state index is 0.0956. The van der Waals surface area contributed by atoms with Crippen LogP contribution in [0.25, 0.3) is 5.69 Å². The number of amides is 1. The number of nitrogens with one attached hydrogen (secondary N) is 1. The second-order valence-electron chi connectivity index (χ2n) is 5.45. The third-order valence-electron chi connectivity index (χ3n) is 3.87. The number of nitrogens with zero attached hydrogens (tertiary/aromatic N) is 1. The van der Waals surface area contributed by atoms with Crippen molar-refractivity contribution in [1.29, 1.82) is 0 Å². The Hall–Kier alpha value is -2.69. The van der Waals surface area contributed by atoms with Gasteiger partial charge in [0, 0.05) is 29.7 Å². The molecule has 1 aromatic carbocycles. The Balaban J connectivity index is 1.98. The van der Waals surface area contributed by atoms with Crippen LogP contribution in [0.15, 0.2) is 36.9 Å². The molecule has 0 atom stereocenters. The van der Waals surface area contributed by atoms with Gasteiger partial charge in [0.2, 0.25) is 0 Å². The Morgan fingerprint density at radius 2 is 2.00 bits per heavy atom. The van der Waals surface area contributed by atoms with Gasteiger partial charge in [-0.05, 0) is 32.0 Å². The number of benzene rings is 1. The summed E-state index contributed by atoms with van der Waals surface area (Å²) in [5, 5.41) is 2.82. The average Bonchev–Trinajstić information content (AvgIpc) is 2.87. The fourth-order valence-corrected chi connectivity index (χ4v) is 2.82. The van der Waals surface area contributed by atoms with Gasteiger partial charge in [-0.2, -0.15) is 0 Å². The quantitative estimate of drug-likeness (QED) is 0.883. The molecule has 1 aliphatic heterocycles. The standard InChI is InChI=1S/C18H20N2O3/c1-4-7-19-18(21)15-10-12(2)20(13(15)3)14-5-6-16-17(11-14)23-9-8-22-16/h4-6,10-11H,1,7-9H2,2-3H3,(H,19,21). The van der Waals surface area contributed by atoms with Crippen molar-refractivity contribution in [2.75, 3.05) is 19.8 Å². The lowest BCUT2D eigenvalue weighted by atomic mass is 10.2. The lowest BCUT2D eigenvalue weighted by Crippen LogP contribution is -2.23. The number of aryl methyl sites for hydroxylation is 1. The van der Waals surface area contributed by atoms with Crippen molar-refractivity contribution >= 4 is 5.91 Å². The first kappa shape index (κ1) is 15.2. The van der Waals surface area contributed by atoms with Gasteiger partial charge in [0.15, 0.2) is 11.5 Å². The monoisotopic (exact) mass is 312 g/mol. The molecule has 3 rings (SSSR count). The maximum atomic E-state index is 12.2. The Morgan fingerprint density at radius 3 is 2.74 bits per heavy atom. The molecule has 1 aliphatic rings. The van der Waals surface area contributed by atoms with Crippen molar-refractivity contribution in [3.05, 3.63) is 53.9 Å². The van der Waals surface area contributed by atoms with Gasteiger partial charge < -0.3 is 19.4 Å². The number of hydrogen-bond acceptors (Lipinski definition) is 3. The zero-order valence-electron chi connectivity index (χ0n) is 13.4. The highest BCUT2D eigenvalue weighted by atomic mass is 16.6. The lowest BCUT2D eigenvalue weighted by molar-refractivity contribution is 0.0957. The topological polar surface area (TPSA) is 52.5 Å². The number of aromatic nitrogens is 1. The third-order valence-corrected chi connectivity index (χ3v) is 3.87. The molecule has 1 N–H and O–H groups in total. The van der Waals surface area contributed by atoms with Gasteiger partial charge in [0.25, 0.3) is 5.91 Å². The van der Waals surface area contributed by atoms with Gasteiger partial charge in [0.05, 0.1) is 5.56 Å². The molecule has 1 aromatic heterocycles. The van der Waals surface area contributed by atoms with E-state index in [9.17, 15) is 4.79 Å². The van der Waals surface area contributed by atoms with E-state index in [4.69, 9.17) is 9.47 Å². The summed E-state index contributed by atoms with van der Waals surface area (Å²) in [5.74, 6) is 1.40. The first-order valence-electron chi connectivity index (χ1n) is 7.60. The maximum Gasteiger partial charge on any atom is 0.253 e. The number of rotatable bonds is 4. The molecule has 0 spiro atoms. The van der Waals surface area contributed by atoms with E-state index in [1.54, 1.807) is 6.08 Å². The Morgan fingerprint density at radius 1 is 1.26 bits per heavy atom. The Kier molecular flexibility index (Phi) is 4.10. The Labute approximate surface area is 135 Å². The van der Waals surface area contributed by atoms with Crippen LogP contribution in [-0.2, 0) is 0 Å². The molecular formula is C18H20N2O3. The van der Waals surface area contributed by atoms with Crippen LogP contribution in [0.1, 0.15) is 21.7 Å². The summed E-state index contributed by atoms with van der Waals surface area (Å²) in [7, 11) is 0. The normalized spacial score (nSPS) is 12.8. The minimum Gasteiger partial charge on any atom is -0.486 e. The van der Waals surface area contributed by atoms with Crippen LogP contribution >= 0.6 is 0 Å². The summed E-state index contributed by atoms with van der Waals surface area (Å²) in [4.78, 5) is 12.2. The van der Waals surface area contributed by atoms with Crippen molar-refractivity contribution in [2.45, 2.75) is 13.8 Å². The molecule has 0 fully saturated rings. The summed E-state index contributed by atoms with van der Waals surface area (Å²) in [6.45, 7) is 9.10. The number of hydrogen-bond donors (Lipinski definition) is 1. The molecule has 1 amide bonds. The fraction of sp³-hybridized carbons (Fsp3) is 0.278. The van der Waals surface area contributed by atoms with Crippen molar-refractivity contribution < 1.29 is 14.3 Å². The van der Waals surface area contributed by atoms with E-state index in [0.717, 1.165) is 28.6 Å². The predicted octanol–water partition coefficient (Wildman–Crippen LogP) is 2.78. The highest BCUT2D eigenvalue weighted by Gasteiger charge is 2.18. The number of carbonyl (C=O) groups is 1. The first-order chi connectivity index (χ1) is 11.1. The van der Waals surface area contributed by atoms with E-state index in [1.165, 1.54) is 0 Å². The highest BCUT2D eigenvalue weighted by molar-refractivity contribution is 5.96. The zero-order chi connectivity index (χ0) is 16.4. The molecule has 0 saturated carbocycles. The van der Waals surface area contributed by atoms with Crippen LogP contribution in [-0.4, -0.2) is 30.2 Å². The molecule has 5 nitrogen and oxygen atoms in total.